The molecule has 0 amide bonds. The van der Waals surface area contributed by atoms with Crippen LogP contribution in [0.15, 0.2) is 4.99 Å². The second-order valence-electron chi connectivity index (χ2n) is 6.22. The van der Waals surface area contributed by atoms with Crippen LogP contribution in [0.4, 0.5) is 0 Å². The maximum Gasteiger partial charge on any atom is 0.157 e. The second-order valence-corrected chi connectivity index (χ2v) is 7.18. The van der Waals surface area contributed by atoms with Crippen molar-refractivity contribution in [2.75, 3.05) is 32.0 Å². The molecule has 3 heterocycles. The predicted octanol–water partition coefficient (Wildman–Crippen LogP) is 1.71. The average molecular weight is 283 g/mol. The summed E-state index contributed by atoms with van der Waals surface area (Å²) in [7, 11) is 0. The maximum atomic E-state index is 5.94. The van der Waals surface area contributed by atoms with Gasteiger partial charge in [0.2, 0.25) is 0 Å². The third-order valence-electron chi connectivity index (χ3n) is 4.62. The number of thioether (sulfide) groups is 1. The van der Waals surface area contributed by atoms with E-state index in [0.29, 0.717) is 6.04 Å². The van der Waals surface area contributed by atoms with Gasteiger partial charge in [0.05, 0.1) is 19.3 Å². The molecule has 1 N–H and O–H groups in total. The van der Waals surface area contributed by atoms with Crippen LogP contribution in [0.1, 0.15) is 33.1 Å². The first-order chi connectivity index (χ1) is 9.18. The number of ether oxygens (including phenoxy) is 1. The van der Waals surface area contributed by atoms with Gasteiger partial charge in [0.25, 0.3) is 0 Å². The molecule has 19 heavy (non-hydrogen) atoms. The van der Waals surface area contributed by atoms with E-state index in [4.69, 9.17) is 9.73 Å². The minimum absolute atomic E-state index is 0.233. The minimum atomic E-state index is 0.233. The Bertz CT molecular complexity index is 363. The summed E-state index contributed by atoms with van der Waals surface area (Å²) in [5, 5.41) is 4.65. The molecule has 0 saturated carbocycles. The molecule has 3 rings (SSSR count). The van der Waals surface area contributed by atoms with Gasteiger partial charge in [0.1, 0.15) is 0 Å². The van der Waals surface area contributed by atoms with Gasteiger partial charge in [-0.25, -0.2) is 0 Å². The van der Waals surface area contributed by atoms with Crippen LogP contribution in [0, 0.1) is 0 Å². The Labute approximate surface area is 120 Å². The molecule has 0 aromatic carbocycles. The van der Waals surface area contributed by atoms with Crippen LogP contribution >= 0.6 is 11.8 Å². The summed E-state index contributed by atoms with van der Waals surface area (Å²) in [6.45, 7) is 8.53. The third-order valence-corrected chi connectivity index (χ3v) is 5.90. The number of nitrogens with one attached hydrogen (secondary N) is 1. The molecule has 3 aliphatic heterocycles. The van der Waals surface area contributed by atoms with E-state index in [-0.39, 0.29) is 11.6 Å². The average Bonchev–Trinajstić information content (AvgIpc) is 3.03. The van der Waals surface area contributed by atoms with Crippen molar-refractivity contribution < 1.29 is 4.74 Å². The molecule has 3 fully saturated rings. The Balaban J connectivity index is 1.50. The summed E-state index contributed by atoms with van der Waals surface area (Å²) in [4.78, 5) is 7.30. The zero-order valence-corrected chi connectivity index (χ0v) is 12.8. The summed E-state index contributed by atoms with van der Waals surface area (Å²) >= 11 is 1.85. The van der Waals surface area contributed by atoms with Gasteiger partial charge in [-0.2, -0.15) is 0 Å². The van der Waals surface area contributed by atoms with Gasteiger partial charge in [0.15, 0.2) is 5.17 Å². The number of morpholine rings is 1. The smallest absolute Gasteiger partial charge is 0.157 e. The van der Waals surface area contributed by atoms with Crippen LogP contribution in [0.5, 0.6) is 0 Å². The molecule has 0 aromatic heterocycles. The number of hydrogen-bond donors (Lipinski definition) is 1. The van der Waals surface area contributed by atoms with Crippen molar-refractivity contribution in [2.45, 2.75) is 50.8 Å². The first-order valence-corrected chi connectivity index (χ1v) is 8.48. The lowest BCUT2D eigenvalue weighted by atomic mass is 10.0. The fourth-order valence-electron chi connectivity index (χ4n) is 3.01. The van der Waals surface area contributed by atoms with Gasteiger partial charge >= 0.3 is 0 Å². The monoisotopic (exact) mass is 283 g/mol. The SMILES string of the molecule is CCC1(C)CSC(=NCC2CN3CCCC3CO2)N1. The molecule has 0 bridgehead atoms. The summed E-state index contributed by atoms with van der Waals surface area (Å²) in [6, 6.07) is 0.686. The van der Waals surface area contributed by atoms with Crippen molar-refractivity contribution in [1.82, 2.24) is 10.2 Å². The highest BCUT2D eigenvalue weighted by molar-refractivity contribution is 8.14. The highest BCUT2D eigenvalue weighted by Crippen LogP contribution is 2.26. The van der Waals surface area contributed by atoms with Crippen LogP contribution in [0.3, 0.4) is 0 Å². The lowest BCUT2D eigenvalue weighted by Gasteiger charge is -2.34. The fourth-order valence-corrected chi connectivity index (χ4v) is 4.23. The van der Waals surface area contributed by atoms with Gasteiger partial charge in [0, 0.05) is 23.9 Å². The van der Waals surface area contributed by atoms with E-state index in [1.165, 1.54) is 19.4 Å². The van der Waals surface area contributed by atoms with Crippen LogP contribution in [-0.4, -0.2) is 59.7 Å². The molecule has 0 aliphatic carbocycles. The van der Waals surface area contributed by atoms with Crippen LogP contribution in [0.2, 0.25) is 0 Å². The van der Waals surface area contributed by atoms with Crippen molar-refractivity contribution >= 4 is 16.9 Å². The van der Waals surface area contributed by atoms with Gasteiger partial charge in [-0.05, 0) is 32.7 Å². The van der Waals surface area contributed by atoms with E-state index in [1.807, 2.05) is 11.8 Å². The number of rotatable bonds is 3. The molecule has 3 saturated heterocycles. The van der Waals surface area contributed by atoms with E-state index in [2.05, 4.69) is 24.1 Å². The Kier molecular flexibility index (Phi) is 4.06. The number of fused-ring (bicyclic) bond motifs is 1. The molecule has 0 radical (unpaired) electrons. The Morgan fingerprint density at radius 1 is 1.58 bits per heavy atom. The van der Waals surface area contributed by atoms with E-state index in [1.54, 1.807) is 0 Å². The standard InChI is InChI=1S/C14H25N3OS/c1-3-14(2)10-19-13(16-14)15-7-12-8-17-6-4-5-11(17)9-18-12/h11-12H,3-10H2,1-2H3,(H,15,16). The molecular weight excluding hydrogens is 258 g/mol. The zero-order chi connectivity index (χ0) is 13.3. The molecule has 3 aliphatic rings. The topological polar surface area (TPSA) is 36.9 Å². The number of aliphatic imine (C=N–C) groups is 1. The summed E-state index contributed by atoms with van der Waals surface area (Å²) in [5.74, 6) is 1.13. The van der Waals surface area contributed by atoms with Crippen molar-refractivity contribution in [3.05, 3.63) is 0 Å². The van der Waals surface area contributed by atoms with Crippen molar-refractivity contribution in [3.8, 4) is 0 Å². The molecule has 4 nitrogen and oxygen atoms in total. The molecular formula is C14H25N3OS. The lowest BCUT2D eigenvalue weighted by Crippen LogP contribution is -2.47. The third kappa shape index (κ3) is 3.09. The van der Waals surface area contributed by atoms with Crippen LogP contribution < -0.4 is 5.32 Å². The lowest BCUT2D eigenvalue weighted by molar-refractivity contribution is -0.0431. The molecule has 3 atom stereocenters. The Morgan fingerprint density at radius 3 is 3.26 bits per heavy atom. The summed E-state index contributed by atoms with van der Waals surface area (Å²) in [6.07, 6.45) is 4.08. The van der Waals surface area contributed by atoms with E-state index in [0.717, 1.165) is 37.0 Å². The number of hydrogen-bond acceptors (Lipinski definition) is 4. The molecule has 3 unspecified atom stereocenters. The van der Waals surface area contributed by atoms with E-state index >= 15 is 0 Å². The number of amidine groups is 1. The Morgan fingerprint density at radius 2 is 2.47 bits per heavy atom. The van der Waals surface area contributed by atoms with Crippen molar-refractivity contribution in [2.24, 2.45) is 4.99 Å². The first-order valence-electron chi connectivity index (χ1n) is 7.49. The quantitative estimate of drug-likeness (QED) is 0.855. The molecule has 5 heteroatoms. The van der Waals surface area contributed by atoms with E-state index < -0.39 is 0 Å². The maximum absolute atomic E-state index is 5.94. The van der Waals surface area contributed by atoms with Gasteiger partial charge in [-0.1, -0.05) is 18.7 Å². The van der Waals surface area contributed by atoms with Crippen molar-refractivity contribution in [3.63, 3.8) is 0 Å². The molecule has 0 spiro atoms. The van der Waals surface area contributed by atoms with Crippen LogP contribution in [0.25, 0.3) is 0 Å². The highest BCUT2D eigenvalue weighted by atomic mass is 32.2. The Hall–Kier alpha value is -0.260. The first kappa shape index (κ1) is 13.7. The predicted molar refractivity (Wildman–Crippen MR) is 80.9 cm³/mol. The van der Waals surface area contributed by atoms with Gasteiger partial charge in [-0.15, -0.1) is 0 Å². The largest absolute Gasteiger partial charge is 0.373 e. The summed E-state index contributed by atoms with van der Waals surface area (Å²) < 4.78 is 5.94. The molecule has 108 valence electrons. The number of nitrogens with zero attached hydrogens (tertiary/aromatic N) is 2. The van der Waals surface area contributed by atoms with Crippen LogP contribution in [-0.2, 0) is 4.74 Å². The van der Waals surface area contributed by atoms with Crippen molar-refractivity contribution in [1.29, 1.82) is 0 Å². The highest BCUT2D eigenvalue weighted by Gasteiger charge is 2.33. The minimum Gasteiger partial charge on any atom is -0.373 e. The zero-order valence-electron chi connectivity index (χ0n) is 12.0. The second kappa shape index (κ2) is 5.62. The fraction of sp³-hybridized carbons (Fsp3) is 0.929. The van der Waals surface area contributed by atoms with Gasteiger partial charge in [-0.3, -0.25) is 9.89 Å². The van der Waals surface area contributed by atoms with Gasteiger partial charge < -0.3 is 10.1 Å². The summed E-state index contributed by atoms with van der Waals surface area (Å²) in [5.41, 5.74) is 0.233. The normalized spacial score (nSPS) is 41.5. The van der Waals surface area contributed by atoms with E-state index in [9.17, 15) is 0 Å². The molecule has 0 aromatic rings.